The van der Waals surface area contributed by atoms with Crippen molar-refractivity contribution in [1.82, 2.24) is 0 Å². The topological polar surface area (TPSA) is 9.23 Å². The number of benzene rings is 1. The SMILES string of the molecule is CCCCOc1ccc(/C=C(/CBr)C2CCCCC2)cc1. The summed E-state index contributed by atoms with van der Waals surface area (Å²) in [4.78, 5) is 0. The van der Waals surface area contributed by atoms with Gasteiger partial charge in [-0.3, -0.25) is 0 Å². The van der Waals surface area contributed by atoms with Gasteiger partial charge in [-0.2, -0.15) is 0 Å². The van der Waals surface area contributed by atoms with Gasteiger partial charge in [0.2, 0.25) is 0 Å². The predicted molar refractivity (Wildman–Crippen MR) is 95.2 cm³/mol. The van der Waals surface area contributed by atoms with Gasteiger partial charge >= 0.3 is 0 Å². The third kappa shape index (κ3) is 5.50. The zero-order valence-corrected chi connectivity index (χ0v) is 14.7. The molecule has 21 heavy (non-hydrogen) atoms. The third-order valence-electron chi connectivity index (χ3n) is 4.28. The van der Waals surface area contributed by atoms with Crippen LogP contribution in [0.5, 0.6) is 5.75 Å². The quantitative estimate of drug-likeness (QED) is 0.418. The van der Waals surface area contributed by atoms with Crippen molar-refractivity contribution in [2.45, 2.75) is 51.9 Å². The number of rotatable bonds is 7. The first-order valence-electron chi connectivity index (χ1n) is 8.32. The Balaban J connectivity index is 1.97. The van der Waals surface area contributed by atoms with E-state index in [1.165, 1.54) is 44.1 Å². The second-order valence-electron chi connectivity index (χ2n) is 5.96. The van der Waals surface area contributed by atoms with Gasteiger partial charge in [-0.15, -0.1) is 0 Å². The second-order valence-corrected chi connectivity index (χ2v) is 6.52. The van der Waals surface area contributed by atoms with Gasteiger partial charge in [-0.25, -0.2) is 0 Å². The summed E-state index contributed by atoms with van der Waals surface area (Å²) in [6.45, 7) is 3.00. The van der Waals surface area contributed by atoms with E-state index in [-0.39, 0.29) is 0 Å². The lowest BCUT2D eigenvalue weighted by atomic mass is 9.84. The van der Waals surface area contributed by atoms with Crippen molar-refractivity contribution in [2.75, 3.05) is 11.9 Å². The van der Waals surface area contributed by atoms with Crippen LogP contribution in [0.2, 0.25) is 0 Å². The Morgan fingerprint density at radius 3 is 2.52 bits per heavy atom. The molecule has 0 saturated heterocycles. The average molecular weight is 351 g/mol. The minimum absolute atomic E-state index is 0.776. The molecule has 1 aromatic rings. The molecule has 1 aromatic carbocycles. The number of ether oxygens (including phenoxy) is 1. The van der Waals surface area contributed by atoms with Crippen molar-refractivity contribution in [1.29, 1.82) is 0 Å². The Kier molecular flexibility index (Phi) is 7.35. The minimum Gasteiger partial charge on any atom is -0.494 e. The van der Waals surface area contributed by atoms with Gasteiger partial charge in [0, 0.05) is 5.33 Å². The predicted octanol–water partition coefficient (Wildman–Crippen LogP) is 6.22. The Labute approximate surface area is 137 Å². The van der Waals surface area contributed by atoms with Crippen LogP contribution in [0.4, 0.5) is 0 Å². The highest BCUT2D eigenvalue weighted by Crippen LogP contribution is 2.31. The zero-order chi connectivity index (χ0) is 14.9. The van der Waals surface area contributed by atoms with Crippen molar-refractivity contribution < 1.29 is 4.74 Å². The van der Waals surface area contributed by atoms with Crippen molar-refractivity contribution in [3.63, 3.8) is 0 Å². The van der Waals surface area contributed by atoms with Gasteiger partial charge in [0.1, 0.15) is 5.75 Å². The molecule has 0 unspecified atom stereocenters. The van der Waals surface area contributed by atoms with Crippen LogP contribution < -0.4 is 4.74 Å². The maximum absolute atomic E-state index is 5.72. The van der Waals surface area contributed by atoms with Crippen LogP contribution in [0.1, 0.15) is 57.4 Å². The lowest BCUT2D eigenvalue weighted by molar-refractivity contribution is 0.309. The van der Waals surface area contributed by atoms with Crippen molar-refractivity contribution in [3.05, 3.63) is 35.4 Å². The summed E-state index contributed by atoms with van der Waals surface area (Å²) < 4.78 is 5.72. The van der Waals surface area contributed by atoms with E-state index < -0.39 is 0 Å². The monoisotopic (exact) mass is 350 g/mol. The number of unbranched alkanes of at least 4 members (excludes halogenated alkanes) is 1. The average Bonchev–Trinajstić information content (AvgIpc) is 2.55. The number of hydrogen-bond donors (Lipinski definition) is 0. The zero-order valence-electron chi connectivity index (χ0n) is 13.1. The van der Waals surface area contributed by atoms with E-state index in [4.69, 9.17) is 4.74 Å². The van der Waals surface area contributed by atoms with Crippen molar-refractivity contribution in [2.24, 2.45) is 5.92 Å². The van der Waals surface area contributed by atoms with Gasteiger partial charge in [0.25, 0.3) is 0 Å². The van der Waals surface area contributed by atoms with Crippen molar-refractivity contribution in [3.8, 4) is 5.75 Å². The molecule has 0 heterocycles. The molecule has 0 amide bonds. The standard InChI is InChI=1S/C19H27BrO/c1-2-3-13-21-19-11-9-16(10-12-19)14-18(15-20)17-7-5-4-6-8-17/h9-12,14,17H,2-8,13,15H2,1H3/b18-14-. The van der Waals surface area contributed by atoms with Crippen molar-refractivity contribution >= 4 is 22.0 Å². The van der Waals surface area contributed by atoms with Gasteiger partial charge in [-0.05, 0) is 42.9 Å². The molecule has 2 rings (SSSR count). The molecular weight excluding hydrogens is 324 g/mol. The van der Waals surface area contributed by atoms with Crippen LogP contribution in [-0.2, 0) is 0 Å². The second kappa shape index (κ2) is 9.30. The van der Waals surface area contributed by atoms with Crippen LogP contribution in [0.25, 0.3) is 6.08 Å². The maximum Gasteiger partial charge on any atom is 0.119 e. The molecule has 0 atom stereocenters. The molecule has 0 aromatic heterocycles. The number of halogens is 1. The van der Waals surface area contributed by atoms with Gasteiger partial charge in [0.15, 0.2) is 0 Å². The third-order valence-corrected chi connectivity index (χ3v) is 4.93. The van der Waals surface area contributed by atoms with E-state index in [2.05, 4.69) is 53.2 Å². The van der Waals surface area contributed by atoms with E-state index >= 15 is 0 Å². The summed E-state index contributed by atoms with van der Waals surface area (Å²) in [6.07, 6.45) is 11.6. The van der Waals surface area contributed by atoms with Crippen LogP contribution in [-0.4, -0.2) is 11.9 Å². The molecule has 1 aliphatic rings. The highest BCUT2D eigenvalue weighted by molar-refractivity contribution is 9.09. The Morgan fingerprint density at radius 1 is 1.19 bits per heavy atom. The van der Waals surface area contributed by atoms with E-state index in [9.17, 15) is 0 Å². The highest BCUT2D eigenvalue weighted by atomic mass is 79.9. The molecule has 0 aliphatic heterocycles. The fourth-order valence-electron chi connectivity index (χ4n) is 2.95. The molecule has 1 fully saturated rings. The molecule has 0 bridgehead atoms. The smallest absolute Gasteiger partial charge is 0.119 e. The largest absolute Gasteiger partial charge is 0.494 e. The van der Waals surface area contributed by atoms with Crippen LogP contribution in [0, 0.1) is 5.92 Å². The first-order valence-corrected chi connectivity index (χ1v) is 9.45. The fourth-order valence-corrected chi connectivity index (χ4v) is 3.57. The lowest BCUT2D eigenvalue weighted by Crippen LogP contribution is -2.10. The molecule has 0 N–H and O–H groups in total. The molecule has 0 spiro atoms. The number of allylic oxidation sites excluding steroid dienone is 1. The molecule has 116 valence electrons. The molecular formula is C19H27BrO. The minimum atomic E-state index is 0.776. The normalized spacial score (nSPS) is 17.0. The number of hydrogen-bond acceptors (Lipinski definition) is 1. The maximum atomic E-state index is 5.72. The Bertz CT molecular complexity index is 429. The summed E-state index contributed by atoms with van der Waals surface area (Å²) in [5, 5.41) is 0.992. The van der Waals surface area contributed by atoms with Gasteiger partial charge < -0.3 is 4.74 Å². The van der Waals surface area contributed by atoms with E-state index in [0.717, 1.165) is 30.0 Å². The Morgan fingerprint density at radius 2 is 1.90 bits per heavy atom. The van der Waals surface area contributed by atoms with E-state index in [1.54, 1.807) is 5.57 Å². The van der Waals surface area contributed by atoms with Crippen LogP contribution in [0.15, 0.2) is 29.8 Å². The molecule has 1 aliphatic carbocycles. The van der Waals surface area contributed by atoms with Gasteiger partial charge in [-0.1, -0.05) is 72.3 Å². The molecule has 1 nitrogen and oxygen atoms in total. The molecule has 0 radical (unpaired) electrons. The van der Waals surface area contributed by atoms with Gasteiger partial charge in [0.05, 0.1) is 6.61 Å². The number of alkyl halides is 1. The molecule has 2 heteroatoms. The Hall–Kier alpha value is -0.760. The summed E-state index contributed by atoms with van der Waals surface area (Å²) in [7, 11) is 0. The summed E-state index contributed by atoms with van der Waals surface area (Å²) in [5.41, 5.74) is 2.84. The summed E-state index contributed by atoms with van der Waals surface area (Å²) in [5.74, 6) is 1.76. The lowest BCUT2D eigenvalue weighted by Gasteiger charge is -2.23. The first kappa shape index (κ1) is 16.6. The van der Waals surface area contributed by atoms with E-state index in [0.29, 0.717) is 0 Å². The van der Waals surface area contributed by atoms with Crippen LogP contribution in [0.3, 0.4) is 0 Å². The van der Waals surface area contributed by atoms with E-state index in [1.807, 2.05) is 0 Å². The van der Waals surface area contributed by atoms with Crippen LogP contribution >= 0.6 is 15.9 Å². The fraction of sp³-hybridized carbons (Fsp3) is 0.579. The molecule has 1 saturated carbocycles. The summed E-state index contributed by atoms with van der Waals surface area (Å²) >= 11 is 3.67. The summed E-state index contributed by atoms with van der Waals surface area (Å²) in [6, 6.07) is 8.53. The first-order chi connectivity index (χ1) is 10.3. The highest BCUT2D eigenvalue weighted by Gasteiger charge is 2.16.